The fraction of sp³-hybridized carbons (Fsp3) is 0.429. The zero-order chi connectivity index (χ0) is 12.5. The summed E-state index contributed by atoms with van der Waals surface area (Å²) in [6.45, 7) is 0. The van der Waals surface area contributed by atoms with Crippen molar-refractivity contribution in [3.63, 3.8) is 0 Å². The van der Waals surface area contributed by atoms with Crippen LogP contribution in [0.15, 0.2) is 29.0 Å². The molecule has 1 aromatic heterocycles. The van der Waals surface area contributed by atoms with Crippen LogP contribution in [0.1, 0.15) is 31.7 Å². The minimum atomic E-state index is 0.253. The van der Waals surface area contributed by atoms with Gasteiger partial charge in [-0.2, -0.15) is 5.26 Å². The van der Waals surface area contributed by atoms with Crippen LogP contribution in [0.4, 0.5) is 0 Å². The van der Waals surface area contributed by atoms with E-state index in [4.69, 9.17) is 5.26 Å². The number of hydrogen-bond acceptors (Lipinski definition) is 2. The van der Waals surface area contributed by atoms with E-state index in [1.807, 2.05) is 18.5 Å². The molecule has 0 atom stereocenters. The van der Waals surface area contributed by atoms with Gasteiger partial charge in [-0.3, -0.25) is 0 Å². The lowest BCUT2D eigenvalue weighted by molar-refractivity contribution is 0.318. The van der Waals surface area contributed by atoms with Crippen LogP contribution >= 0.6 is 15.9 Å². The van der Waals surface area contributed by atoms with Gasteiger partial charge in [0, 0.05) is 16.4 Å². The highest BCUT2D eigenvalue weighted by Gasteiger charge is 2.23. The van der Waals surface area contributed by atoms with Gasteiger partial charge in [-0.05, 0) is 43.9 Å². The predicted molar refractivity (Wildman–Crippen MR) is 74.0 cm³/mol. The SMILES string of the molecule is N#C[C@H]1CC[C@H](n2cnc3ccc(Br)cc32)CC1. The van der Waals surface area contributed by atoms with Gasteiger partial charge in [-0.15, -0.1) is 0 Å². The summed E-state index contributed by atoms with van der Waals surface area (Å²) in [7, 11) is 0. The number of nitriles is 1. The zero-order valence-corrected chi connectivity index (χ0v) is 11.6. The lowest BCUT2D eigenvalue weighted by Gasteiger charge is -2.26. The molecule has 1 aliphatic rings. The van der Waals surface area contributed by atoms with Gasteiger partial charge in [0.05, 0.1) is 23.4 Å². The summed E-state index contributed by atoms with van der Waals surface area (Å²) in [5.74, 6) is 0.253. The maximum Gasteiger partial charge on any atom is 0.0960 e. The van der Waals surface area contributed by atoms with Crippen molar-refractivity contribution in [2.75, 3.05) is 0 Å². The normalized spacial score (nSPS) is 24.0. The number of rotatable bonds is 1. The van der Waals surface area contributed by atoms with Gasteiger partial charge in [0.25, 0.3) is 0 Å². The highest BCUT2D eigenvalue weighted by molar-refractivity contribution is 9.10. The van der Waals surface area contributed by atoms with E-state index in [1.165, 1.54) is 5.52 Å². The van der Waals surface area contributed by atoms with E-state index in [-0.39, 0.29) is 5.92 Å². The molecule has 18 heavy (non-hydrogen) atoms. The minimum absolute atomic E-state index is 0.253. The van der Waals surface area contributed by atoms with Gasteiger partial charge in [0.1, 0.15) is 0 Å². The van der Waals surface area contributed by atoms with Gasteiger partial charge < -0.3 is 4.57 Å². The Labute approximate surface area is 115 Å². The van der Waals surface area contributed by atoms with Crippen molar-refractivity contribution in [1.29, 1.82) is 5.26 Å². The van der Waals surface area contributed by atoms with E-state index in [0.29, 0.717) is 6.04 Å². The summed E-state index contributed by atoms with van der Waals surface area (Å²) < 4.78 is 3.36. The average molecular weight is 304 g/mol. The first-order valence-electron chi connectivity index (χ1n) is 6.29. The Hall–Kier alpha value is -1.34. The molecule has 0 unspecified atom stereocenters. The molecule has 0 amide bonds. The molecule has 0 aliphatic heterocycles. The van der Waals surface area contributed by atoms with Crippen molar-refractivity contribution < 1.29 is 0 Å². The Morgan fingerprint density at radius 1 is 1.28 bits per heavy atom. The quantitative estimate of drug-likeness (QED) is 0.797. The van der Waals surface area contributed by atoms with E-state index >= 15 is 0 Å². The van der Waals surface area contributed by atoms with Gasteiger partial charge in [-0.25, -0.2) is 4.98 Å². The Balaban J connectivity index is 1.91. The van der Waals surface area contributed by atoms with Gasteiger partial charge in [0.15, 0.2) is 0 Å². The molecule has 3 rings (SSSR count). The molecule has 4 heteroatoms. The van der Waals surface area contributed by atoms with Gasteiger partial charge >= 0.3 is 0 Å². The van der Waals surface area contributed by atoms with Crippen molar-refractivity contribution in [2.24, 2.45) is 5.92 Å². The van der Waals surface area contributed by atoms with Crippen LogP contribution in [0.5, 0.6) is 0 Å². The van der Waals surface area contributed by atoms with Crippen LogP contribution in [-0.2, 0) is 0 Å². The van der Waals surface area contributed by atoms with E-state index in [0.717, 1.165) is 35.7 Å². The molecule has 1 aliphatic carbocycles. The van der Waals surface area contributed by atoms with Crippen LogP contribution in [0, 0.1) is 17.2 Å². The van der Waals surface area contributed by atoms with Crippen molar-refractivity contribution >= 4 is 27.0 Å². The second kappa shape index (κ2) is 4.74. The molecule has 0 bridgehead atoms. The summed E-state index contributed by atoms with van der Waals surface area (Å²) in [5.41, 5.74) is 2.23. The summed E-state index contributed by atoms with van der Waals surface area (Å²) in [6.07, 6.45) is 6.12. The Kier molecular flexibility index (Phi) is 3.09. The fourth-order valence-electron chi connectivity index (χ4n) is 2.77. The van der Waals surface area contributed by atoms with E-state index in [1.54, 1.807) is 0 Å². The molecule has 0 saturated heterocycles. The van der Waals surface area contributed by atoms with Crippen LogP contribution in [0.25, 0.3) is 11.0 Å². The van der Waals surface area contributed by atoms with E-state index in [2.05, 4.69) is 37.6 Å². The highest BCUT2D eigenvalue weighted by Crippen LogP contribution is 2.34. The van der Waals surface area contributed by atoms with Crippen LogP contribution in [0.3, 0.4) is 0 Å². The number of hydrogen-bond donors (Lipinski definition) is 0. The molecule has 0 radical (unpaired) electrons. The number of imidazole rings is 1. The molecular weight excluding hydrogens is 290 g/mol. The lowest BCUT2D eigenvalue weighted by Crippen LogP contribution is -2.16. The number of benzene rings is 1. The molecule has 1 aromatic carbocycles. The maximum atomic E-state index is 8.94. The lowest BCUT2D eigenvalue weighted by atomic mass is 9.87. The molecule has 3 nitrogen and oxygen atoms in total. The summed E-state index contributed by atoms with van der Waals surface area (Å²) in [5, 5.41) is 8.94. The van der Waals surface area contributed by atoms with Crippen LogP contribution in [-0.4, -0.2) is 9.55 Å². The first kappa shape index (κ1) is 11.7. The van der Waals surface area contributed by atoms with Crippen molar-refractivity contribution in [1.82, 2.24) is 9.55 Å². The smallest absolute Gasteiger partial charge is 0.0960 e. The fourth-order valence-corrected chi connectivity index (χ4v) is 3.12. The first-order valence-corrected chi connectivity index (χ1v) is 7.09. The van der Waals surface area contributed by atoms with Crippen molar-refractivity contribution in [2.45, 2.75) is 31.7 Å². The second-order valence-electron chi connectivity index (χ2n) is 4.92. The third kappa shape index (κ3) is 2.04. The average Bonchev–Trinajstić information content (AvgIpc) is 2.82. The third-order valence-electron chi connectivity index (χ3n) is 3.81. The Bertz CT molecular complexity index is 603. The standard InChI is InChI=1S/C14H14BrN3/c15-11-3-6-13-14(7-11)18(9-17-13)12-4-1-10(8-16)2-5-12/h3,6-7,9-10,12H,1-2,4-5H2/t10-,12-. The third-order valence-corrected chi connectivity index (χ3v) is 4.30. The topological polar surface area (TPSA) is 41.6 Å². The molecular formula is C14H14BrN3. The molecule has 1 saturated carbocycles. The van der Waals surface area contributed by atoms with Crippen LogP contribution < -0.4 is 0 Å². The number of nitrogens with zero attached hydrogens (tertiary/aromatic N) is 3. The van der Waals surface area contributed by atoms with Gasteiger partial charge in [0.2, 0.25) is 0 Å². The largest absolute Gasteiger partial charge is 0.327 e. The highest BCUT2D eigenvalue weighted by atomic mass is 79.9. The molecule has 1 fully saturated rings. The second-order valence-corrected chi connectivity index (χ2v) is 5.84. The van der Waals surface area contributed by atoms with Gasteiger partial charge in [-0.1, -0.05) is 15.9 Å². The first-order chi connectivity index (χ1) is 8.78. The molecule has 92 valence electrons. The zero-order valence-electron chi connectivity index (χ0n) is 10.0. The van der Waals surface area contributed by atoms with E-state index < -0.39 is 0 Å². The summed E-state index contributed by atoms with van der Waals surface area (Å²) in [4.78, 5) is 4.45. The van der Waals surface area contributed by atoms with E-state index in [9.17, 15) is 0 Å². The minimum Gasteiger partial charge on any atom is -0.327 e. The Morgan fingerprint density at radius 3 is 2.78 bits per heavy atom. The van der Waals surface area contributed by atoms with Crippen molar-refractivity contribution in [3.05, 3.63) is 29.0 Å². The summed E-state index contributed by atoms with van der Waals surface area (Å²) >= 11 is 3.51. The number of fused-ring (bicyclic) bond motifs is 1. The summed E-state index contributed by atoms with van der Waals surface area (Å²) in [6, 6.07) is 9.06. The maximum absolute atomic E-state index is 8.94. The molecule has 1 heterocycles. The molecule has 0 spiro atoms. The monoisotopic (exact) mass is 303 g/mol. The van der Waals surface area contributed by atoms with Crippen LogP contribution in [0.2, 0.25) is 0 Å². The molecule has 2 aromatic rings. The number of halogens is 1. The molecule has 0 N–H and O–H groups in total. The predicted octanol–water partition coefficient (Wildman–Crippen LogP) is 4.05. The van der Waals surface area contributed by atoms with Crippen molar-refractivity contribution in [3.8, 4) is 6.07 Å². The Morgan fingerprint density at radius 2 is 2.06 bits per heavy atom. The number of aromatic nitrogens is 2.